The number of hydrogen-bond acceptors (Lipinski definition) is 4. The number of benzene rings is 10. The lowest BCUT2D eigenvalue weighted by molar-refractivity contribution is 0.669. The van der Waals surface area contributed by atoms with Gasteiger partial charge in [-0.25, -0.2) is 4.98 Å². The molecule has 0 aliphatic rings. The topological polar surface area (TPSA) is 56.7 Å². The molecule has 0 spiro atoms. The van der Waals surface area contributed by atoms with Crippen LogP contribution in [0.3, 0.4) is 0 Å². The van der Waals surface area contributed by atoms with Crippen molar-refractivity contribution in [2.24, 2.45) is 0 Å². The SMILES string of the molecule is c1ccc(-c2ccc(-c3ccc(-c4nc(-c5ccccc5)nc(-n5c6ccc(-c7cc8oc9ccccc9c8c8ccccc78)cc6c6c7ccccc7ccc65)n4)cc3)cc2)cc1. The number of furan rings is 1. The molecular weight excluding hydrogens is 781 g/mol. The summed E-state index contributed by atoms with van der Waals surface area (Å²) in [6.45, 7) is 0. The summed E-state index contributed by atoms with van der Waals surface area (Å²) in [4.78, 5) is 15.7. The van der Waals surface area contributed by atoms with Gasteiger partial charge >= 0.3 is 0 Å². The molecule has 0 amide bonds. The molecule has 5 nitrogen and oxygen atoms in total. The van der Waals surface area contributed by atoms with Gasteiger partial charge < -0.3 is 4.42 Å². The number of para-hydroxylation sites is 1. The van der Waals surface area contributed by atoms with Gasteiger partial charge in [-0.15, -0.1) is 0 Å². The maximum Gasteiger partial charge on any atom is 0.238 e. The minimum Gasteiger partial charge on any atom is -0.456 e. The molecule has 0 N–H and O–H groups in total. The Hall–Kier alpha value is -8.67. The quantitative estimate of drug-likeness (QED) is 0.168. The molecule has 298 valence electrons. The van der Waals surface area contributed by atoms with Gasteiger partial charge in [-0.3, -0.25) is 4.57 Å². The Bertz CT molecular complexity index is 3930. The lowest BCUT2D eigenvalue weighted by Gasteiger charge is -2.12. The average Bonchev–Trinajstić information content (AvgIpc) is 3.92. The number of aromatic nitrogens is 4. The highest BCUT2D eigenvalue weighted by atomic mass is 16.3. The van der Waals surface area contributed by atoms with Gasteiger partial charge in [-0.2, -0.15) is 9.97 Å². The van der Waals surface area contributed by atoms with Gasteiger partial charge in [0.1, 0.15) is 11.2 Å². The molecule has 0 aliphatic carbocycles. The first-order valence-corrected chi connectivity index (χ1v) is 21.6. The molecule has 0 saturated heterocycles. The third-order valence-corrected chi connectivity index (χ3v) is 12.7. The van der Waals surface area contributed by atoms with E-state index in [1.807, 2.05) is 36.4 Å². The zero-order valence-electron chi connectivity index (χ0n) is 34.5. The van der Waals surface area contributed by atoms with Crippen molar-refractivity contribution < 1.29 is 4.42 Å². The number of hydrogen-bond donors (Lipinski definition) is 0. The second-order valence-corrected chi connectivity index (χ2v) is 16.4. The zero-order chi connectivity index (χ0) is 42.1. The van der Waals surface area contributed by atoms with E-state index in [0.717, 1.165) is 77.1 Å². The summed E-state index contributed by atoms with van der Waals surface area (Å²) in [5.74, 6) is 1.77. The van der Waals surface area contributed by atoms with Crippen LogP contribution in [0.15, 0.2) is 223 Å². The van der Waals surface area contributed by atoms with Gasteiger partial charge in [0.15, 0.2) is 11.6 Å². The van der Waals surface area contributed by atoms with Crippen LogP contribution in [0.2, 0.25) is 0 Å². The van der Waals surface area contributed by atoms with E-state index in [1.54, 1.807) is 0 Å². The van der Waals surface area contributed by atoms with Crippen LogP contribution in [0.4, 0.5) is 0 Å². The van der Waals surface area contributed by atoms with Crippen LogP contribution >= 0.6 is 0 Å². The number of nitrogens with zero attached hydrogens (tertiary/aromatic N) is 4. The number of fused-ring (bicyclic) bond motifs is 10. The maximum absolute atomic E-state index is 6.52. The molecule has 0 bridgehead atoms. The Balaban J connectivity index is 0.996. The molecule has 5 heteroatoms. The molecule has 0 radical (unpaired) electrons. The molecule has 10 aromatic carbocycles. The van der Waals surface area contributed by atoms with E-state index >= 15 is 0 Å². The second-order valence-electron chi connectivity index (χ2n) is 16.4. The standard InChI is InChI=1S/C59H36N4O/c1-3-13-37(14-4-1)38-23-25-39(26-24-38)40-27-29-43(30-28-40)58-60-57(42-16-5-2-6-17-42)61-59(62-58)63-51-33-32-44(35-50(51)55-45-18-8-7-15-41(45)31-34-52(55)63)49-36-54-56(47-20-10-9-19-46(47)49)48-21-11-12-22-53(48)64-54/h1-36H. The monoisotopic (exact) mass is 816 g/mol. The predicted octanol–water partition coefficient (Wildman–Crippen LogP) is 15.5. The molecule has 0 saturated carbocycles. The first-order valence-electron chi connectivity index (χ1n) is 21.6. The van der Waals surface area contributed by atoms with Gasteiger partial charge in [0, 0.05) is 32.7 Å². The van der Waals surface area contributed by atoms with E-state index in [1.165, 1.54) is 32.7 Å². The van der Waals surface area contributed by atoms with Crippen molar-refractivity contribution >= 4 is 65.3 Å². The molecule has 0 fully saturated rings. The molecule has 13 rings (SSSR count). The van der Waals surface area contributed by atoms with E-state index in [0.29, 0.717) is 17.6 Å². The van der Waals surface area contributed by atoms with Crippen molar-refractivity contribution in [1.82, 2.24) is 19.5 Å². The predicted molar refractivity (Wildman–Crippen MR) is 264 cm³/mol. The molecule has 0 unspecified atom stereocenters. The van der Waals surface area contributed by atoms with Crippen molar-refractivity contribution in [1.29, 1.82) is 0 Å². The fraction of sp³-hybridized carbons (Fsp3) is 0. The molecule has 0 atom stereocenters. The zero-order valence-corrected chi connectivity index (χ0v) is 34.5. The normalized spacial score (nSPS) is 11.8. The molecule has 3 aromatic heterocycles. The average molecular weight is 817 g/mol. The van der Waals surface area contributed by atoms with Crippen molar-refractivity contribution in [3.63, 3.8) is 0 Å². The van der Waals surface area contributed by atoms with E-state index < -0.39 is 0 Å². The Morgan fingerprint density at radius 1 is 0.312 bits per heavy atom. The third-order valence-electron chi connectivity index (χ3n) is 12.7. The van der Waals surface area contributed by atoms with Gasteiger partial charge in [-0.1, -0.05) is 188 Å². The van der Waals surface area contributed by atoms with E-state index in [-0.39, 0.29) is 0 Å². The molecular formula is C59H36N4O. The van der Waals surface area contributed by atoms with Gasteiger partial charge in [0.2, 0.25) is 5.95 Å². The van der Waals surface area contributed by atoms with Crippen molar-refractivity contribution in [2.45, 2.75) is 0 Å². The van der Waals surface area contributed by atoms with Gasteiger partial charge in [0.05, 0.1) is 11.0 Å². The Labute approximate surface area is 368 Å². The molecule has 64 heavy (non-hydrogen) atoms. The van der Waals surface area contributed by atoms with Crippen LogP contribution in [-0.4, -0.2) is 19.5 Å². The third kappa shape index (κ3) is 5.83. The molecule has 0 aliphatic heterocycles. The largest absolute Gasteiger partial charge is 0.456 e. The highest BCUT2D eigenvalue weighted by molar-refractivity contribution is 6.24. The fourth-order valence-electron chi connectivity index (χ4n) is 9.61. The summed E-state index contributed by atoms with van der Waals surface area (Å²) in [5, 5.41) is 9.23. The highest BCUT2D eigenvalue weighted by Gasteiger charge is 2.21. The molecule has 13 aromatic rings. The Morgan fingerprint density at radius 2 is 0.828 bits per heavy atom. The summed E-state index contributed by atoms with van der Waals surface area (Å²) in [6.07, 6.45) is 0. The Morgan fingerprint density at radius 3 is 1.53 bits per heavy atom. The van der Waals surface area contributed by atoms with Crippen LogP contribution in [0.5, 0.6) is 0 Å². The van der Waals surface area contributed by atoms with Crippen LogP contribution in [0.25, 0.3) is 127 Å². The Kier molecular flexibility index (Phi) is 8.15. The van der Waals surface area contributed by atoms with E-state index in [2.05, 4.69) is 187 Å². The fourth-order valence-corrected chi connectivity index (χ4v) is 9.61. The van der Waals surface area contributed by atoms with Crippen molar-refractivity contribution in [2.75, 3.05) is 0 Å². The first kappa shape index (κ1) is 36.0. The lowest BCUT2D eigenvalue weighted by atomic mass is 9.94. The number of rotatable bonds is 6. The van der Waals surface area contributed by atoms with Crippen LogP contribution in [0.1, 0.15) is 0 Å². The maximum atomic E-state index is 6.52. The second kappa shape index (κ2) is 14.5. The summed E-state index contributed by atoms with van der Waals surface area (Å²) in [6, 6.07) is 76.9. The van der Waals surface area contributed by atoms with Crippen LogP contribution < -0.4 is 0 Å². The molecule has 3 heterocycles. The van der Waals surface area contributed by atoms with Gasteiger partial charge in [-0.05, 0) is 85.3 Å². The highest BCUT2D eigenvalue weighted by Crippen LogP contribution is 2.43. The van der Waals surface area contributed by atoms with Crippen molar-refractivity contribution in [3.05, 3.63) is 218 Å². The smallest absolute Gasteiger partial charge is 0.238 e. The summed E-state index contributed by atoms with van der Waals surface area (Å²) >= 11 is 0. The van der Waals surface area contributed by atoms with E-state index in [9.17, 15) is 0 Å². The minimum absolute atomic E-state index is 0.557. The van der Waals surface area contributed by atoms with E-state index in [4.69, 9.17) is 19.4 Å². The minimum atomic E-state index is 0.557. The summed E-state index contributed by atoms with van der Waals surface area (Å²) in [5.41, 5.74) is 12.5. The lowest BCUT2D eigenvalue weighted by Crippen LogP contribution is -2.06. The van der Waals surface area contributed by atoms with Crippen LogP contribution in [-0.2, 0) is 0 Å². The summed E-state index contributed by atoms with van der Waals surface area (Å²) in [7, 11) is 0. The van der Waals surface area contributed by atoms with Crippen molar-refractivity contribution in [3.8, 4) is 62.1 Å². The van der Waals surface area contributed by atoms with Gasteiger partial charge in [0.25, 0.3) is 0 Å². The van der Waals surface area contributed by atoms with Crippen LogP contribution in [0, 0.1) is 0 Å². The first-order chi connectivity index (χ1) is 31.7. The summed E-state index contributed by atoms with van der Waals surface area (Å²) < 4.78 is 8.73.